The minimum absolute atomic E-state index is 0.134. The molecule has 0 bridgehead atoms. The molecule has 2 aromatic rings. The average Bonchev–Trinajstić information content (AvgIpc) is 2.83. The summed E-state index contributed by atoms with van der Waals surface area (Å²) in [5.74, 6) is -1.78. The molecule has 0 aliphatic heterocycles. The third kappa shape index (κ3) is 10.9. The standard InChI is InChI=1S/C22H28F3N5O2.C2HF3O2/c1-14-12-27-21(29-20(14)30(2)3)28-17-8-6-16(7-9-17)26-13-19(31)15-4-10-18(11-5-15)32-22(23,24)25;3-2(4,5)1(6)7/h4-5,10-12,16-17,26H,6-9,13H2,1-3H3,(H,27,28,29);(H,6,7). The van der Waals surface area contributed by atoms with Gasteiger partial charge in [0.2, 0.25) is 5.95 Å². The van der Waals surface area contributed by atoms with Gasteiger partial charge in [-0.2, -0.15) is 18.2 Å². The number of nitrogens with one attached hydrogen (secondary N) is 2. The fourth-order valence-electron chi connectivity index (χ4n) is 3.76. The topological polar surface area (TPSA) is 117 Å². The van der Waals surface area contributed by atoms with Crippen molar-refractivity contribution in [3.63, 3.8) is 0 Å². The van der Waals surface area contributed by atoms with E-state index in [2.05, 4.69) is 25.3 Å². The lowest BCUT2D eigenvalue weighted by Crippen LogP contribution is -2.39. The number of anilines is 2. The maximum atomic E-state index is 12.3. The third-order valence-corrected chi connectivity index (χ3v) is 5.63. The summed E-state index contributed by atoms with van der Waals surface area (Å²) in [6, 6.07) is 5.45. The molecule has 0 radical (unpaired) electrons. The first-order chi connectivity index (χ1) is 18.0. The molecule has 0 unspecified atom stereocenters. The number of rotatable bonds is 8. The van der Waals surface area contributed by atoms with Crippen LogP contribution < -0.4 is 20.3 Å². The molecule has 15 heteroatoms. The smallest absolute Gasteiger partial charge is 0.475 e. The molecule has 1 aliphatic carbocycles. The van der Waals surface area contributed by atoms with Gasteiger partial charge in [0, 0.05) is 43.5 Å². The zero-order valence-corrected chi connectivity index (χ0v) is 21.4. The van der Waals surface area contributed by atoms with Crippen LogP contribution in [0.5, 0.6) is 5.75 Å². The van der Waals surface area contributed by atoms with Crippen LogP contribution in [0.1, 0.15) is 41.6 Å². The van der Waals surface area contributed by atoms with Crippen molar-refractivity contribution < 1.29 is 45.8 Å². The zero-order valence-electron chi connectivity index (χ0n) is 21.4. The van der Waals surface area contributed by atoms with Gasteiger partial charge in [-0.1, -0.05) is 0 Å². The van der Waals surface area contributed by atoms with Gasteiger partial charge in [-0.3, -0.25) is 4.79 Å². The van der Waals surface area contributed by atoms with Crippen LogP contribution in [-0.4, -0.2) is 72.1 Å². The van der Waals surface area contributed by atoms with Gasteiger partial charge in [0.15, 0.2) is 5.78 Å². The summed E-state index contributed by atoms with van der Waals surface area (Å²) in [4.78, 5) is 32.1. The number of ether oxygens (including phenoxy) is 1. The highest BCUT2D eigenvalue weighted by Gasteiger charge is 2.38. The van der Waals surface area contributed by atoms with Gasteiger partial charge >= 0.3 is 18.5 Å². The predicted molar refractivity (Wildman–Crippen MR) is 130 cm³/mol. The van der Waals surface area contributed by atoms with E-state index in [-0.39, 0.29) is 30.2 Å². The highest BCUT2D eigenvalue weighted by atomic mass is 19.4. The number of carboxylic acid groups (broad SMARTS) is 1. The summed E-state index contributed by atoms with van der Waals surface area (Å²) < 4.78 is 72.2. The van der Waals surface area contributed by atoms with Gasteiger partial charge in [0.05, 0.1) is 6.54 Å². The Labute approximate surface area is 220 Å². The third-order valence-electron chi connectivity index (χ3n) is 5.63. The van der Waals surface area contributed by atoms with Crippen molar-refractivity contribution >= 4 is 23.5 Å². The largest absolute Gasteiger partial charge is 0.573 e. The number of halogens is 6. The SMILES string of the molecule is Cc1cnc(NC2CCC(NCC(=O)c3ccc(OC(F)(F)F)cc3)CC2)nc1N(C)C.O=C(O)C(F)(F)F. The van der Waals surface area contributed by atoms with Crippen molar-refractivity contribution in [1.29, 1.82) is 0 Å². The monoisotopic (exact) mass is 565 g/mol. The van der Waals surface area contributed by atoms with Gasteiger partial charge < -0.3 is 25.4 Å². The molecule has 0 atom stereocenters. The number of hydrogen-bond donors (Lipinski definition) is 3. The molecule has 1 aliphatic rings. The molecule has 39 heavy (non-hydrogen) atoms. The number of Topliss-reactive ketones (excluding diaryl/α,β-unsaturated/α-hetero) is 1. The molecule has 0 spiro atoms. The van der Waals surface area contributed by atoms with Crippen molar-refractivity contribution in [2.45, 2.75) is 57.2 Å². The van der Waals surface area contributed by atoms with Crippen molar-refractivity contribution in [3.05, 3.63) is 41.6 Å². The van der Waals surface area contributed by atoms with Crippen molar-refractivity contribution in [2.75, 3.05) is 30.9 Å². The summed E-state index contributed by atoms with van der Waals surface area (Å²) in [7, 11) is 3.89. The van der Waals surface area contributed by atoms with Crippen molar-refractivity contribution in [3.8, 4) is 5.75 Å². The van der Waals surface area contributed by atoms with Crippen LogP contribution in [0, 0.1) is 6.92 Å². The second-order valence-corrected chi connectivity index (χ2v) is 8.97. The zero-order chi connectivity index (χ0) is 29.4. The Hall–Kier alpha value is -3.62. The Morgan fingerprint density at radius 2 is 1.56 bits per heavy atom. The number of benzene rings is 1. The van der Waals surface area contributed by atoms with E-state index < -0.39 is 18.5 Å². The highest BCUT2D eigenvalue weighted by Crippen LogP contribution is 2.24. The number of aliphatic carboxylic acids is 1. The van der Waals surface area contributed by atoms with Crippen molar-refractivity contribution in [1.82, 2.24) is 15.3 Å². The van der Waals surface area contributed by atoms with E-state index in [9.17, 15) is 31.1 Å². The van der Waals surface area contributed by atoms with Gasteiger partial charge in [-0.15, -0.1) is 13.2 Å². The quantitative estimate of drug-likeness (QED) is 0.313. The number of nitrogens with zero attached hydrogens (tertiary/aromatic N) is 3. The fraction of sp³-hybridized carbons (Fsp3) is 0.500. The molecule has 1 heterocycles. The minimum atomic E-state index is -5.08. The second kappa shape index (κ2) is 13.4. The predicted octanol–water partition coefficient (Wildman–Crippen LogP) is 4.58. The molecule has 3 N–H and O–H groups in total. The Morgan fingerprint density at radius 3 is 2.05 bits per heavy atom. The first kappa shape index (κ1) is 31.6. The molecule has 0 saturated heterocycles. The number of aromatic nitrogens is 2. The number of alkyl halides is 6. The maximum absolute atomic E-state index is 12.3. The Kier molecular flexibility index (Phi) is 10.9. The lowest BCUT2D eigenvalue weighted by molar-refractivity contribution is -0.274. The first-order valence-corrected chi connectivity index (χ1v) is 11.7. The average molecular weight is 566 g/mol. The lowest BCUT2D eigenvalue weighted by atomic mass is 9.91. The van der Waals surface area contributed by atoms with E-state index in [4.69, 9.17) is 9.90 Å². The van der Waals surface area contributed by atoms with Crippen LogP contribution in [0.15, 0.2) is 30.5 Å². The molecule has 216 valence electrons. The molecular weight excluding hydrogens is 536 g/mol. The minimum Gasteiger partial charge on any atom is -0.475 e. The van der Waals surface area contributed by atoms with E-state index in [1.807, 2.05) is 32.1 Å². The Morgan fingerprint density at radius 1 is 1.03 bits per heavy atom. The van der Waals surface area contributed by atoms with E-state index in [0.717, 1.165) is 49.2 Å². The Bertz CT molecular complexity index is 1100. The van der Waals surface area contributed by atoms with Gasteiger partial charge in [-0.05, 0) is 56.9 Å². The van der Waals surface area contributed by atoms with Gasteiger partial charge in [0.25, 0.3) is 0 Å². The van der Waals surface area contributed by atoms with E-state index in [1.54, 1.807) is 0 Å². The molecule has 1 aromatic heterocycles. The number of carbonyl (C=O) groups is 2. The second-order valence-electron chi connectivity index (χ2n) is 8.97. The lowest BCUT2D eigenvalue weighted by Gasteiger charge is -2.30. The fourth-order valence-corrected chi connectivity index (χ4v) is 3.76. The number of carbonyl (C=O) groups excluding carboxylic acids is 1. The molecule has 0 amide bonds. The normalized spacial score (nSPS) is 17.5. The van der Waals surface area contributed by atoms with E-state index in [0.29, 0.717) is 11.5 Å². The van der Waals surface area contributed by atoms with Crippen LogP contribution in [0.4, 0.5) is 38.1 Å². The molecule has 1 fully saturated rings. The van der Waals surface area contributed by atoms with Crippen LogP contribution in [-0.2, 0) is 4.79 Å². The number of ketones is 1. The van der Waals surface area contributed by atoms with Crippen molar-refractivity contribution in [2.24, 2.45) is 0 Å². The summed E-state index contributed by atoms with van der Waals surface area (Å²) >= 11 is 0. The maximum Gasteiger partial charge on any atom is 0.573 e. The molecule has 9 nitrogen and oxygen atoms in total. The summed E-state index contributed by atoms with van der Waals surface area (Å²) in [5.41, 5.74) is 1.36. The van der Waals surface area contributed by atoms with E-state index in [1.165, 1.54) is 12.1 Å². The molecule has 1 saturated carbocycles. The molecule has 1 aromatic carbocycles. The summed E-state index contributed by atoms with van der Waals surface area (Å²) in [6.45, 7) is 2.11. The number of hydrogen-bond acceptors (Lipinski definition) is 8. The van der Waals surface area contributed by atoms with Crippen LogP contribution >= 0.6 is 0 Å². The first-order valence-electron chi connectivity index (χ1n) is 11.7. The van der Waals surface area contributed by atoms with Crippen LogP contribution in [0.3, 0.4) is 0 Å². The van der Waals surface area contributed by atoms with Gasteiger partial charge in [0.1, 0.15) is 11.6 Å². The molecule has 3 rings (SSSR count). The number of aryl methyl sites for hydroxylation is 1. The molecular formula is C24H29F6N5O4. The van der Waals surface area contributed by atoms with Crippen LogP contribution in [0.25, 0.3) is 0 Å². The van der Waals surface area contributed by atoms with Crippen LogP contribution in [0.2, 0.25) is 0 Å². The Balaban J connectivity index is 0.000000673. The summed E-state index contributed by atoms with van der Waals surface area (Å²) in [5, 5.41) is 13.8. The van der Waals surface area contributed by atoms with Gasteiger partial charge in [-0.25, -0.2) is 9.78 Å². The number of carboxylic acids is 1. The highest BCUT2D eigenvalue weighted by molar-refractivity contribution is 5.97. The summed E-state index contributed by atoms with van der Waals surface area (Å²) in [6.07, 6.45) is -4.38. The van der Waals surface area contributed by atoms with E-state index >= 15 is 0 Å².